The number of ether oxygens (including phenoxy) is 1. The van der Waals surface area contributed by atoms with Gasteiger partial charge in [-0.05, 0) is 49.8 Å². The zero-order valence-electron chi connectivity index (χ0n) is 12.1. The van der Waals surface area contributed by atoms with Crippen LogP contribution < -0.4 is 4.74 Å². The molecular weight excluding hydrogens is 264 g/mol. The fraction of sp³-hybridized carbons (Fsp3) is 0.167. The molecule has 1 N–H and O–H groups in total. The Balaban J connectivity index is 2.05. The van der Waals surface area contributed by atoms with Crippen molar-refractivity contribution in [2.24, 2.45) is 0 Å². The Kier molecular flexibility index (Phi) is 4.77. The van der Waals surface area contributed by atoms with E-state index in [1.54, 1.807) is 18.2 Å². The molecule has 3 heteroatoms. The fourth-order valence-corrected chi connectivity index (χ4v) is 1.86. The number of carbonyl (C=O) groups excluding carboxylic acids is 1. The highest BCUT2D eigenvalue weighted by atomic mass is 16.5. The number of hydrogen-bond acceptors (Lipinski definition) is 3. The Morgan fingerprint density at radius 1 is 1.14 bits per heavy atom. The Labute approximate surface area is 124 Å². The van der Waals surface area contributed by atoms with Crippen molar-refractivity contribution in [1.82, 2.24) is 0 Å². The van der Waals surface area contributed by atoms with Gasteiger partial charge in [-0.3, -0.25) is 4.79 Å². The summed E-state index contributed by atoms with van der Waals surface area (Å²) in [5, 5.41) is 9.36. The maximum Gasteiger partial charge on any atom is 0.185 e. The van der Waals surface area contributed by atoms with Crippen LogP contribution in [0, 0.1) is 0 Å². The Hall–Kier alpha value is -2.55. The highest BCUT2D eigenvalue weighted by molar-refractivity contribution is 6.07. The van der Waals surface area contributed by atoms with Gasteiger partial charge < -0.3 is 9.84 Å². The second-order valence-corrected chi connectivity index (χ2v) is 4.98. The predicted molar refractivity (Wildman–Crippen MR) is 83.7 cm³/mol. The van der Waals surface area contributed by atoms with E-state index in [0.29, 0.717) is 5.56 Å². The SMILES string of the molecule is CC(C)Oc1ccc(/C=C/C(=O)c2cccc(O)c2)cc1. The van der Waals surface area contributed by atoms with Crippen molar-refractivity contribution in [2.45, 2.75) is 20.0 Å². The number of allylic oxidation sites excluding steroid dienone is 1. The first-order valence-electron chi connectivity index (χ1n) is 6.83. The summed E-state index contributed by atoms with van der Waals surface area (Å²) >= 11 is 0. The van der Waals surface area contributed by atoms with Crippen LogP contribution in [0.3, 0.4) is 0 Å². The molecule has 0 aliphatic rings. The molecule has 0 saturated carbocycles. The van der Waals surface area contributed by atoms with E-state index < -0.39 is 0 Å². The molecular formula is C18H18O3. The number of ketones is 1. The van der Waals surface area contributed by atoms with Crippen molar-refractivity contribution in [3.63, 3.8) is 0 Å². The quantitative estimate of drug-likeness (QED) is 0.664. The van der Waals surface area contributed by atoms with Crippen molar-refractivity contribution < 1.29 is 14.6 Å². The summed E-state index contributed by atoms with van der Waals surface area (Å²) in [7, 11) is 0. The monoisotopic (exact) mass is 282 g/mol. The molecule has 108 valence electrons. The minimum absolute atomic E-state index is 0.0874. The molecule has 3 nitrogen and oxygen atoms in total. The topological polar surface area (TPSA) is 46.5 Å². The third kappa shape index (κ3) is 4.49. The molecule has 0 unspecified atom stereocenters. The molecule has 21 heavy (non-hydrogen) atoms. The van der Waals surface area contributed by atoms with Gasteiger partial charge in [0.2, 0.25) is 0 Å². The van der Waals surface area contributed by atoms with Gasteiger partial charge in [0.05, 0.1) is 6.10 Å². The lowest BCUT2D eigenvalue weighted by molar-refractivity contribution is 0.104. The van der Waals surface area contributed by atoms with E-state index in [0.717, 1.165) is 11.3 Å². The molecule has 0 spiro atoms. The molecule has 2 aromatic rings. The number of carbonyl (C=O) groups is 1. The molecule has 0 bridgehead atoms. The number of phenols is 1. The van der Waals surface area contributed by atoms with Gasteiger partial charge in [0, 0.05) is 5.56 Å². The van der Waals surface area contributed by atoms with Crippen molar-refractivity contribution >= 4 is 11.9 Å². The Bertz CT molecular complexity index is 640. The first kappa shape index (κ1) is 14.9. The lowest BCUT2D eigenvalue weighted by Crippen LogP contribution is -2.05. The summed E-state index contributed by atoms with van der Waals surface area (Å²) in [5.41, 5.74) is 1.38. The van der Waals surface area contributed by atoms with Gasteiger partial charge in [-0.25, -0.2) is 0 Å². The Morgan fingerprint density at radius 3 is 2.48 bits per heavy atom. The summed E-state index contributed by atoms with van der Waals surface area (Å²) in [6, 6.07) is 13.8. The predicted octanol–water partition coefficient (Wildman–Crippen LogP) is 4.08. The molecule has 0 fully saturated rings. The lowest BCUT2D eigenvalue weighted by atomic mass is 10.1. The summed E-state index contributed by atoms with van der Waals surface area (Å²) < 4.78 is 5.56. The number of hydrogen-bond donors (Lipinski definition) is 1. The van der Waals surface area contributed by atoms with Crippen LogP contribution in [0.15, 0.2) is 54.6 Å². The smallest absolute Gasteiger partial charge is 0.185 e. The minimum atomic E-state index is -0.145. The van der Waals surface area contributed by atoms with Gasteiger partial charge in [-0.15, -0.1) is 0 Å². The second kappa shape index (κ2) is 6.75. The molecule has 0 heterocycles. The maximum absolute atomic E-state index is 12.0. The van der Waals surface area contributed by atoms with Gasteiger partial charge in [0.25, 0.3) is 0 Å². The number of phenolic OH excluding ortho intramolecular Hbond substituents is 1. The number of rotatable bonds is 5. The molecule has 0 aromatic heterocycles. The van der Waals surface area contributed by atoms with Crippen molar-refractivity contribution in [3.8, 4) is 11.5 Å². The molecule has 0 aliphatic heterocycles. The molecule has 0 radical (unpaired) electrons. The van der Waals surface area contributed by atoms with Gasteiger partial charge in [-0.2, -0.15) is 0 Å². The van der Waals surface area contributed by atoms with E-state index in [1.807, 2.05) is 38.1 Å². The highest BCUT2D eigenvalue weighted by Crippen LogP contribution is 2.16. The van der Waals surface area contributed by atoms with Crippen LogP contribution in [0.5, 0.6) is 11.5 Å². The van der Waals surface area contributed by atoms with Gasteiger partial charge in [0.15, 0.2) is 5.78 Å². The second-order valence-electron chi connectivity index (χ2n) is 4.98. The van der Waals surface area contributed by atoms with Crippen molar-refractivity contribution in [3.05, 3.63) is 65.7 Å². The third-order valence-electron chi connectivity index (χ3n) is 2.81. The van der Waals surface area contributed by atoms with Gasteiger partial charge >= 0.3 is 0 Å². The average molecular weight is 282 g/mol. The molecule has 0 saturated heterocycles. The van der Waals surface area contributed by atoms with Crippen LogP contribution in [0.2, 0.25) is 0 Å². The van der Waals surface area contributed by atoms with Crippen molar-refractivity contribution in [1.29, 1.82) is 0 Å². The first-order chi connectivity index (χ1) is 10.0. The van der Waals surface area contributed by atoms with E-state index in [1.165, 1.54) is 18.2 Å². The van der Waals surface area contributed by atoms with Crippen LogP contribution in [0.1, 0.15) is 29.8 Å². The van der Waals surface area contributed by atoms with E-state index in [9.17, 15) is 9.90 Å². The first-order valence-corrected chi connectivity index (χ1v) is 6.83. The van der Waals surface area contributed by atoms with E-state index in [4.69, 9.17) is 4.74 Å². The van der Waals surface area contributed by atoms with Crippen molar-refractivity contribution in [2.75, 3.05) is 0 Å². The molecule has 2 aromatic carbocycles. The van der Waals surface area contributed by atoms with Gasteiger partial charge in [-0.1, -0.05) is 30.3 Å². The van der Waals surface area contributed by atoms with Crippen LogP contribution in [0.25, 0.3) is 6.08 Å². The van der Waals surface area contributed by atoms with Gasteiger partial charge in [0.1, 0.15) is 11.5 Å². The highest BCUT2D eigenvalue weighted by Gasteiger charge is 2.02. The van der Waals surface area contributed by atoms with E-state index in [-0.39, 0.29) is 17.6 Å². The maximum atomic E-state index is 12.0. The minimum Gasteiger partial charge on any atom is -0.508 e. The Morgan fingerprint density at radius 2 is 1.86 bits per heavy atom. The van der Waals surface area contributed by atoms with Crippen LogP contribution in [-0.4, -0.2) is 17.0 Å². The number of benzene rings is 2. The largest absolute Gasteiger partial charge is 0.508 e. The normalized spacial score (nSPS) is 11.0. The van der Waals surface area contributed by atoms with Crippen LogP contribution >= 0.6 is 0 Å². The number of aromatic hydroxyl groups is 1. The fourth-order valence-electron chi connectivity index (χ4n) is 1.86. The third-order valence-corrected chi connectivity index (χ3v) is 2.81. The summed E-state index contributed by atoms with van der Waals surface area (Å²) in [4.78, 5) is 12.0. The van der Waals surface area contributed by atoms with Crippen LogP contribution in [0.4, 0.5) is 0 Å². The molecule has 0 aliphatic carbocycles. The summed E-state index contributed by atoms with van der Waals surface area (Å²) in [6.07, 6.45) is 3.37. The molecule has 2 rings (SSSR count). The average Bonchev–Trinajstić information content (AvgIpc) is 2.45. The molecule has 0 atom stereocenters. The standard InChI is InChI=1S/C18H18O3/c1-13(2)21-17-9-6-14(7-10-17)8-11-18(20)15-4-3-5-16(19)12-15/h3-13,19H,1-2H3/b11-8+. The zero-order chi connectivity index (χ0) is 15.2. The molecule has 0 amide bonds. The zero-order valence-corrected chi connectivity index (χ0v) is 12.1. The van der Waals surface area contributed by atoms with E-state index >= 15 is 0 Å². The van der Waals surface area contributed by atoms with Crippen LogP contribution in [-0.2, 0) is 0 Å². The van der Waals surface area contributed by atoms with E-state index in [2.05, 4.69) is 0 Å². The summed E-state index contributed by atoms with van der Waals surface area (Å²) in [6.45, 7) is 3.95. The summed E-state index contributed by atoms with van der Waals surface area (Å²) in [5.74, 6) is 0.749. The lowest BCUT2D eigenvalue weighted by Gasteiger charge is -2.09.